The van der Waals surface area contributed by atoms with E-state index in [0.29, 0.717) is 18.8 Å². The second-order valence-corrected chi connectivity index (χ2v) is 8.63. The maximum Gasteiger partial charge on any atom is 0.272 e. The van der Waals surface area contributed by atoms with Crippen molar-refractivity contribution in [1.82, 2.24) is 15.5 Å². The highest BCUT2D eigenvalue weighted by atomic mass is 32.2. The Morgan fingerprint density at radius 2 is 1.96 bits per heavy atom. The van der Waals surface area contributed by atoms with Gasteiger partial charge in [-0.3, -0.25) is 4.79 Å². The van der Waals surface area contributed by atoms with Gasteiger partial charge in [0.2, 0.25) is 0 Å². The van der Waals surface area contributed by atoms with Gasteiger partial charge in [-0.2, -0.15) is 0 Å². The summed E-state index contributed by atoms with van der Waals surface area (Å²) >= 11 is 0. The third-order valence-corrected chi connectivity index (χ3v) is 6.11. The van der Waals surface area contributed by atoms with Crippen LogP contribution in [0.15, 0.2) is 36.4 Å². The largest absolute Gasteiger partial charge is 0.497 e. The van der Waals surface area contributed by atoms with Crippen LogP contribution in [-0.4, -0.2) is 55.7 Å². The fraction of sp³-hybridized carbons (Fsp3) is 0.389. The Bertz CT molecular complexity index is 883. The van der Waals surface area contributed by atoms with Crippen LogP contribution in [0.1, 0.15) is 22.5 Å². The Kier molecular flexibility index (Phi) is 5.90. The van der Waals surface area contributed by atoms with Crippen LogP contribution >= 0.6 is 0 Å². The van der Waals surface area contributed by atoms with Crippen molar-refractivity contribution < 1.29 is 17.9 Å². The van der Waals surface area contributed by atoms with Crippen LogP contribution in [0.25, 0.3) is 0 Å². The van der Waals surface area contributed by atoms with Gasteiger partial charge < -0.3 is 15.4 Å². The number of sulfone groups is 1. The minimum absolute atomic E-state index is 0.0167. The van der Waals surface area contributed by atoms with E-state index in [0.717, 1.165) is 12.2 Å². The van der Waals surface area contributed by atoms with Crippen molar-refractivity contribution in [2.75, 3.05) is 30.5 Å². The Morgan fingerprint density at radius 1 is 1.19 bits per heavy atom. The summed E-state index contributed by atoms with van der Waals surface area (Å²) < 4.78 is 28.0. The third kappa shape index (κ3) is 5.40. The third-order valence-electron chi connectivity index (χ3n) is 4.34. The lowest BCUT2D eigenvalue weighted by atomic mass is 10.1. The fourth-order valence-corrected chi connectivity index (χ4v) is 4.52. The number of amides is 1. The zero-order chi connectivity index (χ0) is 19.3. The van der Waals surface area contributed by atoms with Crippen molar-refractivity contribution in [3.05, 3.63) is 47.7 Å². The van der Waals surface area contributed by atoms with Crippen LogP contribution in [0.2, 0.25) is 0 Å². The van der Waals surface area contributed by atoms with E-state index < -0.39 is 15.7 Å². The molecule has 144 valence electrons. The summed E-state index contributed by atoms with van der Waals surface area (Å²) in [6, 6.07) is 10.7. The molecule has 1 aliphatic rings. The minimum atomic E-state index is -3.03. The number of aromatic nitrogens is 2. The number of methoxy groups -OCH3 is 1. The van der Waals surface area contributed by atoms with E-state index >= 15 is 0 Å². The first-order valence-electron chi connectivity index (χ1n) is 8.67. The van der Waals surface area contributed by atoms with Crippen molar-refractivity contribution in [2.45, 2.75) is 18.9 Å². The first-order valence-corrected chi connectivity index (χ1v) is 10.5. The monoisotopic (exact) mass is 390 g/mol. The molecule has 0 aliphatic carbocycles. The van der Waals surface area contributed by atoms with Crippen LogP contribution in [-0.2, 0) is 16.3 Å². The second-order valence-electron chi connectivity index (χ2n) is 6.40. The topological polar surface area (TPSA) is 110 Å². The predicted octanol–water partition coefficient (Wildman–Crippen LogP) is 1.06. The highest BCUT2D eigenvalue weighted by Gasteiger charge is 2.29. The zero-order valence-corrected chi connectivity index (χ0v) is 15.8. The van der Waals surface area contributed by atoms with E-state index in [-0.39, 0.29) is 23.2 Å². The smallest absolute Gasteiger partial charge is 0.272 e. The van der Waals surface area contributed by atoms with Crippen molar-refractivity contribution in [2.24, 2.45) is 0 Å². The van der Waals surface area contributed by atoms with Crippen LogP contribution < -0.4 is 15.4 Å². The number of ether oxygens (including phenoxy) is 1. The molecule has 3 rings (SSSR count). The Morgan fingerprint density at radius 3 is 2.56 bits per heavy atom. The molecule has 1 saturated heterocycles. The first kappa shape index (κ1) is 19.1. The quantitative estimate of drug-likeness (QED) is 0.727. The lowest BCUT2D eigenvalue weighted by Gasteiger charge is -2.10. The molecule has 1 aromatic carbocycles. The van der Waals surface area contributed by atoms with Crippen LogP contribution in [0, 0.1) is 0 Å². The molecule has 0 bridgehead atoms. The maximum atomic E-state index is 12.1. The number of rotatable bonds is 7. The van der Waals surface area contributed by atoms with E-state index in [1.807, 2.05) is 24.3 Å². The molecule has 27 heavy (non-hydrogen) atoms. The molecule has 8 nitrogen and oxygen atoms in total. The maximum absolute atomic E-state index is 12.1. The van der Waals surface area contributed by atoms with Gasteiger partial charge in [0.05, 0.1) is 18.6 Å². The van der Waals surface area contributed by atoms with Crippen LogP contribution in [0.5, 0.6) is 5.75 Å². The lowest BCUT2D eigenvalue weighted by molar-refractivity contribution is 0.0935. The molecule has 1 atom stereocenters. The highest BCUT2D eigenvalue weighted by Crippen LogP contribution is 2.13. The van der Waals surface area contributed by atoms with Gasteiger partial charge in [-0.1, -0.05) is 12.1 Å². The van der Waals surface area contributed by atoms with Gasteiger partial charge in [0, 0.05) is 12.6 Å². The van der Waals surface area contributed by atoms with E-state index in [2.05, 4.69) is 20.8 Å². The van der Waals surface area contributed by atoms with Gasteiger partial charge >= 0.3 is 0 Å². The van der Waals surface area contributed by atoms with Crippen molar-refractivity contribution >= 4 is 21.6 Å². The van der Waals surface area contributed by atoms with E-state index in [4.69, 9.17) is 4.74 Å². The summed E-state index contributed by atoms with van der Waals surface area (Å²) in [5, 5.41) is 13.8. The highest BCUT2D eigenvalue weighted by molar-refractivity contribution is 7.91. The van der Waals surface area contributed by atoms with Crippen molar-refractivity contribution in [3.8, 4) is 5.75 Å². The number of carbonyl (C=O) groups excluding carboxylic acids is 1. The van der Waals surface area contributed by atoms with Gasteiger partial charge in [0.25, 0.3) is 5.91 Å². The number of hydrogen-bond donors (Lipinski definition) is 2. The number of benzene rings is 1. The Labute approximate surface area is 158 Å². The molecule has 9 heteroatoms. The van der Waals surface area contributed by atoms with E-state index in [1.54, 1.807) is 19.2 Å². The fourth-order valence-electron chi connectivity index (χ4n) is 2.84. The summed E-state index contributed by atoms with van der Waals surface area (Å²) in [7, 11) is -1.40. The number of hydrogen-bond acceptors (Lipinski definition) is 7. The molecule has 2 heterocycles. The van der Waals surface area contributed by atoms with E-state index in [9.17, 15) is 13.2 Å². The first-order chi connectivity index (χ1) is 12.9. The van der Waals surface area contributed by atoms with Gasteiger partial charge in [-0.25, -0.2) is 8.42 Å². The molecule has 1 fully saturated rings. The Balaban J connectivity index is 1.47. The molecule has 1 amide bonds. The Hall–Kier alpha value is -2.68. The van der Waals surface area contributed by atoms with Crippen molar-refractivity contribution in [1.29, 1.82) is 0 Å². The zero-order valence-electron chi connectivity index (χ0n) is 15.0. The van der Waals surface area contributed by atoms with Crippen molar-refractivity contribution in [3.63, 3.8) is 0 Å². The molecule has 2 aromatic rings. The summed E-state index contributed by atoms with van der Waals surface area (Å²) in [6.07, 6.45) is 1.25. The van der Waals surface area contributed by atoms with Gasteiger partial charge in [-0.15, -0.1) is 10.2 Å². The lowest BCUT2D eigenvalue weighted by Crippen LogP contribution is -2.36. The van der Waals surface area contributed by atoms with Gasteiger partial charge in [0.1, 0.15) is 11.6 Å². The SMILES string of the molecule is COc1ccc(CCNc2ccc(C(=O)NC3CCS(=O)(=O)C3)nn2)cc1. The molecule has 1 unspecified atom stereocenters. The molecule has 1 aliphatic heterocycles. The average molecular weight is 390 g/mol. The van der Waals surface area contributed by atoms with Gasteiger partial charge in [0.15, 0.2) is 15.5 Å². The summed E-state index contributed by atoms with van der Waals surface area (Å²) in [5.41, 5.74) is 1.33. The molecule has 1 aromatic heterocycles. The molecular weight excluding hydrogens is 368 g/mol. The normalized spacial score (nSPS) is 18.0. The minimum Gasteiger partial charge on any atom is -0.497 e. The number of carbonyl (C=O) groups is 1. The number of nitrogens with one attached hydrogen (secondary N) is 2. The summed E-state index contributed by atoms with van der Waals surface area (Å²) in [4.78, 5) is 12.1. The standard InChI is InChI=1S/C18H22N4O4S/c1-26-15-4-2-13(3-5-15)8-10-19-17-7-6-16(21-22-17)18(23)20-14-9-11-27(24,25)12-14/h2-7,14H,8-12H2,1H3,(H,19,22)(H,20,23). The molecular formula is C18H22N4O4S. The van der Waals surface area contributed by atoms with Crippen LogP contribution in [0.3, 0.4) is 0 Å². The summed E-state index contributed by atoms with van der Waals surface area (Å²) in [5.74, 6) is 1.08. The molecule has 0 radical (unpaired) electrons. The van der Waals surface area contributed by atoms with E-state index in [1.165, 1.54) is 5.56 Å². The number of anilines is 1. The summed E-state index contributed by atoms with van der Waals surface area (Å²) in [6.45, 7) is 0.673. The molecule has 2 N–H and O–H groups in total. The average Bonchev–Trinajstić information content (AvgIpc) is 3.01. The second kappa shape index (κ2) is 8.34. The number of nitrogens with zero attached hydrogens (tertiary/aromatic N) is 2. The molecule has 0 saturated carbocycles. The van der Waals surface area contributed by atoms with Crippen LogP contribution in [0.4, 0.5) is 5.82 Å². The molecule has 0 spiro atoms. The van der Waals surface area contributed by atoms with Gasteiger partial charge in [-0.05, 0) is 42.7 Å². The predicted molar refractivity (Wildman–Crippen MR) is 102 cm³/mol.